The number of rotatable bonds is 4. The van der Waals surface area contributed by atoms with Gasteiger partial charge in [-0.1, -0.05) is 36.4 Å². The number of pyridine rings is 1. The number of amides is 1. The molecule has 170 valence electrons. The van der Waals surface area contributed by atoms with E-state index in [1.165, 1.54) is 6.08 Å². The molecule has 1 fully saturated rings. The molecule has 1 aliphatic heterocycles. The fourth-order valence-corrected chi connectivity index (χ4v) is 6.02. The Bertz CT molecular complexity index is 1620. The van der Waals surface area contributed by atoms with E-state index in [4.69, 9.17) is 0 Å². The number of nitrogens with one attached hydrogen (secondary N) is 1. The van der Waals surface area contributed by atoms with Gasteiger partial charge in [-0.15, -0.1) is 0 Å². The van der Waals surface area contributed by atoms with Gasteiger partial charge in [0.15, 0.2) is 15.5 Å². The van der Waals surface area contributed by atoms with E-state index >= 15 is 0 Å². The Labute approximate surface area is 196 Å². The Kier molecular flexibility index (Phi) is 5.38. The molecule has 5 rings (SSSR count). The van der Waals surface area contributed by atoms with Gasteiger partial charge in [0.25, 0.3) is 5.91 Å². The van der Waals surface area contributed by atoms with Gasteiger partial charge < -0.3 is 5.32 Å². The number of hydrogen-bond donors (Lipinski definition) is 1. The van der Waals surface area contributed by atoms with Gasteiger partial charge in [-0.25, -0.2) is 18.1 Å². The maximum atomic E-state index is 12.9. The molecule has 9 heteroatoms. The number of carbonyl (C=O) groups is 1. The number of aryl methyl sites for hydroxylation is 1. The normalized spacial score (nSPS) is 17.6. The van der Waals surface area contributed by atoms with Gasteiger partial charge in [-0.3, -0.25) is 4.79 Å². The summed E-state index contributed by atoms with van der Waals surface area (Å²) in [7, 11) is -3.06. The van der Waals surface area contributed by atoms with Crippen molar-refractivity contribution in [3.8, 4) is 6.07 Å². The Balaban J connectivity index is 1.45. The fraction of sp³-hybridized carbons (Fsp3) is 0.200. The van der Waals surface area contributed by atoms with Crippen molar-refractivity contribution < 1.29 is 13.2 Å². The number of hydrogen-bond acceptors (Lipinski definition) is 6. The lowest BCUT2D eigenvalue weighted by Crippen LogP contribution is -2.13. The highest BCUT2D eigenvalue weighted by atomic mass is 32.2. The lowest BCUT2D eigenvalue weighted by Gasteiger charge is -2.09. The third kappa shape index (κ3) is 4.04. The molecule has 8 nitrogen and oxygen atoms in total. The minimum atomic E-state index is -3.06. The number of nitrogens with zero attached hydrogens (tertiary/aromatic N) is 4. The molecule has 1 N–H and O–H groups in total. The third-order valence-electron chi connectivity index (χ3n) is 6.02. The van der Waals surface area contributed by atoms with Crippen molar-refractivity contribution >= 4 is 49.3 Å². The number of carbonyl (C=O) groups excluding carboxylic acids is 1. The van der Waals surface area contributed by atoms with Crippen LogP contribution in [-0.2, 0) is 14.6 Å². The van der Waals surface area contributed by atoms with Crippen molar-refractivity contribution in [3.05, 3.63) is 71.6 Å². The van der Waals surface area contributed by atoms with E-state index in [0.29, 0.717) is 29.0 Å². The summed E-state index contributed by atoms with van der Waals surface area (Å²) in [6, 6.07) is 16.8. The second kappa shape index (κ2) is 8.39. The summed E-state index contributed by atoms with van der Waals surface area (Å²) in [4.78, 5) is 17.4. The first-order valence-corrected chi connectivity index (χ1v) is 12.6. The molecule has 2 aromatic carbocycles. The highest BCUT2D eigenvalue weighted by Crippen LogP contribution is 2.28. The average Bonchev–Trinajstić information content (AvgIpc) is 3.36. The maximum absolute atomic E-state index is 12.9. The number of fused-ring (bicyclic) bond motifs is 2. The molecule has 0 spiro atoms. The van der Waals surface area contributed by atoms with E-state index in [1.807, 2.05) is 55.5 Å². The zero-order valence-corrected chi connectivity index (χ0v) is 19.2. The molecule has 0 saturated carbocycles. The topological polar surface area (TPSA) is 118 Å². The van der Waals surface area contributed by atoms with Crippen LogP contribution in [-0.4, -0.2) is 40.6 Å². The quantitative estimate of drug-likeness (QED) is 0.357. The summed E-state index contributed by atoms with van der Waals surface area (Å²) < 4.78 is 25.5. The molecule has 1 amide bonds. The number of aromatic nitrogens is 3. The fourth-order valence-electron chi connectivity index (χ4n) is 4.33. The summed E-state index contributed by atoms with van der Waals surface area (Å²) in [6.45, 7) is 1.83. The Hall–Kier alpha value is -4.03. The largest absolute Gasteiger partial charge is 0.321 e. The van der Waals surface area contributed by atoms with E-state index in [2.05, 4.69) is 15.4 Å². The van der Waals surface area contributed by atoms with Crippen LogP contribution in [0.1, 0.15) is 23.7 Å². The molecule has 4 aromatic rings. The zero-order chi connectivity index (χ0) is 23.9. The van der Waals surface area contributed by atoms with E-state index < -0.39 is 15.7 Å². The number of benzene rings is 2. The van der Waals surface area contributed by atoms with Crippen molar-refractivity contribution in [2.45, 2.75) is 19.4 Å². The van der Waals surface area contributed by atoms with Crippen LogP contribution in [0.4, 0.5) is 5.69 Å². The molecule has 0 bridgehead atoms. The molecule has 34 heavy (non-hydrogen) atoms. The molecular formula is C25H21N5O3S. The summed E-state index contributed by atoms with van der Waals surface area (Å²) in [6.07, 6.45) is 3.56. The molecule has 1 saturated heterocycles. The van der Waals surface area contributed by atoms with Crippen LogP contribution in [0.25, 0.3) is 27.9 Å². The minimum absolute atomic E-state index is 0.0546. The van der Waals surface area contributed by atoms with Crippen molar-refractivity contribution in [2.24, 2.45) is 0 Å². The van der Waals surface area contributed by atoms with Crippen LogP contribution in [0.5, 0.6) is 0 Å². The highest BCUT2D eigenvalue weighted by molar-refractivity contribution is 7.91. The van der Waals surface area contributed by atoms with Gasteiger partial charge in [0.05, 0.1) is 23.2 Å². The van der Waals surface area contributed by atoms with E-state index in [-0.39, 0.29) is 23.1 Å². The Morgan fingerprint density at radius 1 is 1.21 bits per heavy atom. The molecule has 3 heterocycles. The predicted octanol–water partition coefficient (Wildman–Crippen LogP) is 3.80. The second-order valence-electron chi connectivity index (χ2n) is 8.38. The van der Waals surface area contributed by atoms with Gasteiger partial charge in [-0.2, -0.15) is 10.4 Å². The maximum Gasteiger partial charge on any atom is 0.266 e. The smallest absolute Gasteiger partial charge is 0.266 e. The first-order chi connectivity index (χ1) is 16.3. The van der Waals surface area contributed by atoms with Gasteiger partial charge in [-0.05, 0) is 42.5 Å². The van der Waals surface area contributed by atoms with Crippen LogP contribution in [0.2, 0.25) is 0 Å². The SMILES string of the molecule is Cc1nn([C@@H]2CCS(=O)(=O)C2)c2ncc(/C=C(/C#N)C(=O)Nc3cccc4ccccc34)cc12. The number of anilines is 1. The molecular weight excluding hydrogens is 450 g/mol. The first-order valence-electron chi connectivity index (χ1n) is 10.8. The predicted molar refractivity (Wildman–Crippen MR) is 131 cm³/mol. The monoisotopic (exact) mass is 471 g/mol. The van der Waals surface area contributed by atoms with Crippen LogP contribution in [0, 0.1) is 18.3 Å². The summed E-state index contributed by atoms with van der Waals surface area (Å²) in [5.74, 6) is -0.307. The van der Waals surface area contributed by atoms with E-state index in [1.54, 1.807) is 16.9 Å². The van der Waals surface area contributed by atoms with Crippen molar-refractivity contribution in [2.75, 3.05) is 16.8 Å². The van der Waals surface area contributed by atoms with Crippen LogP contribution in [0.3, 0.4) is 0 Å². The molecule has 1 atom stereocenters. The molecule has 0 radical (unpaired) electrons. The molecule has 1 aliphatic rings. The standard InChI is InChI=1S/C25H21N5O3S/c1-16-22-12-17(14-27-24(22)30(29-16)20-9-10-34(32,33)15-20)11-19(13-26)25(31)28-23-8-4-6-18-5-2-3-7-21(18)23/h2-8,11-12,14,20H,9-10,15H2,1H3,(H,28,31)/b19-11-/t20-/m1/s1. The summed E-state index contributed by atoms with van der Waals surface area (Å²) in [5, 5.41) is 19.6. The van der Waals surface area contributed by atoms with E-state index in [0.717, 1.165) is 16.2 Å². The van der Waals surface area contributed by atoms with Gasteiger partial charge in [0, 0.05) is 22.7 Å². The first kappa shape index (κ1) is 21.8. The zero-order valence-electron chi connectivity index (χ0n) is 18.4. The minimum Gasteiger partial charge on any atom is -0.321 e. The molecule has 0 aliphatic carbocycles. The van der Waals surface area contributed by atoms with E-state index in [9.17, 15) is 18.5 Å². The number of sulfone groups is 1. The van der Waals surface area contributed by atoms with Gasteiger partial charge in [0.2, 0.25) is 0 Å². The van der Waals surface area contributed by atoms with Crippen molar-refractivity contribution in [1.82, 2.24) is 14.8 Å². The second-order valence-corrected chi connectivity index (χ2v) is 10.6. The summed E-state index contributed by atoms with van der Waals surface area (Å²) in [5.41, 5.74) is 2.46. The van der Waals surface area contributed by atoms with Crippen LogP contribution >= 0.6 is 0 Å². The average molecular weight is 472 g/mol. The highest BCUT2D eigenvalue weighted by Gasteiger charge is 2.31. The van der Waals surface area contributed by atoms with Crippen molar-refractivity contribution in [3.63, 3.8) is 0 Å². The Morgan fingerprint density at radius 3 is 2.76 bits per heavy atom. The molecule has 2 aromatic heterocycles. The van der Waals surface area contributed by atoms with Crippen LogP contribution < -0.4 is 5.32 Å². The van der Waals surface area contributed by atoms with Gasteiger partial charge >= 0.3 is 0 Å². The van der Waals surface area contributed by atoms with Gasteiger partial charge in [0.1, 0.15) is 11.6 Å². The van der Waals surface area contributed by atoms with Crippen LogP contribution in [0.15, 0.2) is 60.3 Å². The number of nitriles is 1. The Morgan fingerprint density at radius 2 is 2.00 bits per heavy atom. The molecule has 0 unspecified atom stereocenters. The summed E-state index contributed by atoms with van der Waals surface area (Å²) >= 11 is 0. The third-order valence-corrected chi connectivity index (χ3v) is 7.77. The lowest BCUT2D eigenvalue weighted by molar-refractivity contribution is -0.112. The lowest BCUT2D eigenvalue weighted by atomic mass is 10.1. The van der Waals surface area contributed by atoms with Crippen molar-refractivity contribution in [1.29, 1.82) is 5.26 Å².